The quantitative estimate of drug-likeness (QED) is 0.298. The molecule has 0 spiro atoms. The molecule has 0 aliphatic carbocycles. The number of hydrogen-bond acceptors (Lipinski definition) is 5. The molecular formula is C4H4N2OS2. The maximum absolute atomic E-state index is 8.75. The average molecular weight is 160 g/mol. The van der Waals surface area contributed by atoms with Crippen LogP contribution >= 0.6 is 25.3 Å². The first-order valence-electron chi connectivity index (χ1n) is 2.14. The van der Waals surface area contributed by atoms with E-state index in [9.17, 15) is 0 Å². The zero-order valence-electron chi connectivity index (χ0n) is 4.31. The van der Waals surface area contributed by atoms with Gasteiger partial charge in [-0.3, -0.25) is 0 Å². The van der Waals surface area contributed by atoms with Gasteiger partial charge < -0.3 is 5.11 Å². The highest BCUT2D eigenvalue weighted by molar-refractivity contribution is 7.80. The van der Waals surface area contributed by atoms with E-state index in [2.05, 4.69) is 35.2 Å². The monoisotopic (exact) mass is 160 g/mol. The van der Waals surface area contributed by atoms with E-state index in [1.165, 1.54) is 6.07 Å². The normalized spacial score (nSPS) is 9.56. The SMILES string of the molecule is Oc1cc(S)nc(S)n1. The van der Waals surface area contributed by atoms with Gasteiger partial charge in [0.05, 0.1) is 0 Å². The highest BCUT2D eigenvalue weighted by Gasteiger charge is 1.94. The summed E-state index contributed by atoms with van der Waals surface area (Å²) < 4.78 is 0. The van der Waals surface area contributed by atoms with Crippen LogP contribution in [0.1, 0.15) is 0 Å². The van der Waals surface area contributed by atoms with Crippen molar-refractivity contribution in [1.82, 2.24) is 9.97 Å². The minimum Gasteiger partial charge on any atom is -0.493 e. The molecule has 48 valence electrons. The van der Waals surface area contributed by atoms with Crippen LogP contribution in [0.3, 0.4) is 0 Å². The Bertz CT molecular complexity index is 177. The fraction of sp³-hybridized carbons (Fsp3) is 0. The standard InChI is InChI=1S/C4H4N2OS2/c7-2-1-3(8)6-4(9)5-2/h1H,(H3,5,6,7,8,9). The number of hydrogen-bond donors (Lipinski definition) is 3. The molecule has 0 bridgehead atoms. The summed E-state index contributed by atoms with van der Waals surface area (Å²) in [7, 11) is 0. The van der Waals surface area contributed by atoms with Crippen LogP contribution in [0, 0.1) is 0 Å². The predicted octanol–water partition coefficient (Wildman–Crippen LogP) is 0.760. The molecule has 1 heterocycles. The van der Waals surface area contributed by atoms with Crippen LogP contribution < -0.4 is 0 Å². The molecule has 0 saturated heterocycles. The van der Waals surface area contributed by atoms with Crippen molar-refractivity contribution in [2.45, 2.75) is 10.2 Å². The second-order valence-electron chi connectivity index (χ2n) is 1.38. The summed E-state index contributed by atoms with van der Waals surface area (Å²) in [6, 6.07) is 1.34. The third-order valence-electron chi connectivity index (χ3n) is 0.687. The number of nitrogens with zero attached hydrogens (tertiary/aromatic N) is 2. The molecule has 5 heteroatoms. The molecule has 1 aromatic rings. The van der Waals surface area contributed by atoms with Gasteiger partial charge in [-0.25, -0.2) is 4.98 Å². The number of aromatic hydroxyl groups is 1. The molecule has 0 aliphatic rings. The number of rotatable bonds is 0. The minimum absolute atomic E-state index is 0.111. The third kappa shape index (κ3) is 1.76. The molecule has 0 atom stereocenters. The van der Waals surface area contributed by atoms with Gasteiger partial charge in [0, 0.05) is 6.07 Å². The van der Waals surface area contributed by atoms with Crippen molar-refractivity contribution < 1.29 is 5.11 Å². The summed E-state index contributed by atoms with van der Waals surface area (Å²) in [5, 5.41) is 9.38. The van der Waals surface area contributed by atoms with Gasteiger partial charge in [-0.05, 0) is 0 Å². The molecule has 3 nitrogen and oxygen atoms in total. The van der Waals surface area contributed by atoms with Crippen molar-refractivity contribution in [1.29, 1.82) is 0 Å². The van der Waals surface area contributed by atoms with Crippen molar-refractivity contribution in [2.24, 2.45) is 0 Å². The molecule has 0 radical (unpaired) electrons. The van der Waals surface area contributed by atoms with Crippen molar-refractivity contribution in [3.05, 3.63) is 6.07 Å². The zero-order valence-corrected chi connectivity index (χ0v) is 6.10. The molecule has 0 saturated carbocycles. The Morgan fingerprint density at radius 3 is 2.44 bits per heavy atom. The van der Waals surface area contributed by atoms with Crippen molar-refractivity contribution in [2.75, 3.05) is 0 Å². The summed E-state index contributed by atoms with van der Waals surface area (Å²) in [6.07, 6.45) is 0. The molecule has 1 rings (SSSR count). The number of aromatic nitrogens is 2. The lowest BCUT2D eigenvalue weighted by atomic mass is 10.6. The molecule has 0 unspecified atom stereocenters. The lowest BCUT2D eigenvalue weighted by Crippen LogP contribution is -1.82. The van der Waals surface area contributed by atoms with Gasteiger partial charge in [0.2, 0.25) is 5.88 Å². The van der Waals surface area contributed by atoms with Crippen molar-refractivity contribution in [3.8, 4) is 5.88 Å². The smallest absolute Gasteiger partial charge is 0.215 e. The first-order valence-corrected chi connectivity index (χ1v) is 3.04. The second kappa shape index (κ2) is 2.45. The Labute approximate surface area is 63.0 Å². The molecule has 0 aromatic carbocycles. The first-order chi connectivity index (χ1) is 4.18. The Morgan fingerprint density at radius 1 is 1.33 bits per heavy atom. The molecule has 0 fully saturated rings. The molecule has 9 heavy (non-hydrogen) atoms. The van der Waals surface area contributed by atoms with E-state index < -0.39 is 0 Å². The maximum Gasteiger partial charge on any atom is 0.215 e. The molecule has 0 aliphatic heterocycles. The summed E-state index contributed by atoms with van der Waals surface area (Å²) in [5.74, 6) is -0.111. The van der Waals surface area contributed by atoms with E-state index in [-0.39, 0.29) is 11.0 Å². The largest absolute Gasteiger partial charge is 0.493 e. The Balaban J connectivity index is 3.17. The summed E-state index contributed by atoms with van der Waals surface area (Å²) in [6.45, 7) is 0. The van der Waals surface area contributed by atoms with E-state index in [0.29, 0.717) is 5.03 Å². The Hall–Kier alpha value is -0.420. The zero-order chi connectivity index (χ0) is 6.85. The van der Waals surface area contributed by atoms with Crippen molar-refractivity contribution >= 4 is 25.3 Å². The summed E-state index contributed by atoms with van der Waals surface area (Å²) in [4.78, 5) is 7.19. The van der Waals surface area contributed by atoms with Gasteiger partial charge in [0.1, 0.15) is 5.03 Å². The van der Waals surface area contributed by atoms with E-state index in [0.717, 1.165) is 0 Å². The van der Waals surface area contributed by atoms with Gasteiger partial charge in [0.25, 0.3) is 0 Å². The van der Waals surface area contributed by atoms with Crippen LogP contribution in [0.25, 0.3) is 0 Å². The Kier molecular flexibility index (Phi) is 1.82. The fourth-order valence-electron chi connectivity index (χ4n) is 0.410. The molecule has 1 aromatic heterocycles. The van der Waals surface area contributed by atoms with E-state index >= 15 is 0 Å². The highest BCUT2D eigenvalue weighted by Crippen LogP contribution is 2.11. The van der Waals surface area contributed by atoms with Gasteiger partial charge in [-0.15, -0.1) is 25.3 Å². The van der Waals surface area contributed by atoms with Gasteiger partial charge >= 0.3 is 0 Å². The van der Waals surface area contributed by atoms with Crippen LogP contribution in [0.15, 0.2) is 16.2 Å². The highest BCUT2D eigenvalue weighted by atomic mass is 32.1. The predicted molar refractivity (Wildman–Crippen MR) is 38.2 cm³/mol. The van der Waals surface area contributed by atoms with Crippen LogP contribution in [0.5, 0.6) is 5.88 Å². The van der Waals surface area contributed by atoms with E-state index in [1.54, 1.807) is 0 Å². The van der Waals surface area contributed by atoms with Crippen LogP contribution in [0.4, 0.5) is 0 Å². The van der Waals surface area contributed by atoms with Crippen LogP contribution in [-0.4, -0.2) is 15.1 Å². The van der Waals surface area contributed by atoms with Crippen LogP contribution in [0.2, 0.25) is 0 Å². The minimum atomic E-state index is -0.111. The fourth-order valence-corrected chi connectivity index (χ4v) is 0.909. The van der Waals surface area contributed by atoms with Gasteiger partial charge in [-0.1, -0.05) is 0 Å². The molecule has 0 amide bonds. The van der Waals surface area contributed by atoms with Crippen molar-refractivity contribution in [3.63, 3.8) is 0 Å². The first kappa shape index (κ1) is 6.70. The lowest BCUT2D eigenvalue weighted by Gasteiger charge is -1.92. The molecular weight excluding hydrogens is 156 g/mol. The van der Waals surface area contributed by atoms with Crippen LogP contribution in [-0.2, 0) is 0 Å². The summed E-state index contributed by atoms with van der Waals surface area (Å²) >= 11 is 7.66. The number of thiol groups is 2. The summed E-state index contributed by atoms with van der Waals surface area (Å²) in [5.41, 5.74) is 0. The van der Waals surface area contributed by atoms with E-state index in [4.69, 9.17) is 5.11 Å². The lowest BCUT2D eigenvalue weighted by molar-refractivity contribution is 0.442. The van der Waals surface area contributed by atoms with Gasteiger partial charge in [0.15, 0.2) is 5.16 Å². The topological polar surface area (TPSA) is 46.0 Å². The van der Waals surface area contributed by atoms with Gasteiger partial charge in [-0.2, -0.15) is 4.98 Å². The second-order valence-corrected chi connectivity index (χ2v) is 2.24. The molecule has 1 N–H and O–H groups in total. The maximum atomic E-state index is 8.75. The average Bonchev–Trinajstić information content (AvgIpc) is 1.59. The van der Waals surface area contributed by atoms with E-state index in [1.807, 2.05) is 0 Å². The Morgan fingerprint density at radius 2 is 2.00 bits per heavy atom. The third-order valence-corrected chi connectivity index (χ3v) is 1.12.